The third-order valence-electron chi connectivity index (χ3n) is 3.25. The number of benzene rings is 1. The molecular formula is C15H20N2O3S. The Balaban J connectivity index is 1.93. The maximum absolute atomic E-state index is 12.1. The molecule has 0 saturated carbocycles. The molecule has 6 heteroatoms. The molecule has 1 aliphatic rings. The van der Waals surface area contributed by atoms with Gasteiger partial charge >= 0.3 is 6.09 Å². The van der Waals surface area contributed by atoms with Crippen LogP contribution in [0, 0.1) is 0 Å². The summed E-state index contributed by atoms with van der Waals surface area (Å²) in [6.07, 6.45) is 0.420. The van der Waals surface area contributed by atoms with Crippen molar-refractivity contribution in [2.24, 2.45) is 0 Å². The van der Waals surface area contributed by atoms with Gasteiger partial charge in [0.05, 0.1) is 12.6 Å². The minimum absolute atomic E-state index is 0.00461. The molecule has 5 nitrogen and oxygen atoms in total. The average molecular weight is 308 g/mol. The Kier molecular flexibility index (Phi) is 5.50. The summed E-state index contributed by atoms with van der Waals surface area (Å²) in [7, 11) is 1.56. The molecule has 0 aliphatic carbocycles. The molecule has 1 aliphatic heterocycles. The van der Waals surface area contributed by atoms with Crippen molar-refractivity contribution in [2.45, 2.75) is 24.3 Å². The van der Waals surface area contributed by atoms with Crippen molar-refractivity contribution in [3.63, 3.8) is 0 Å². The Labute approximate surface area is 129 Å². The van der Waals surface area contributed by atoms with Crippen LogP contribution in [0.2, 0.25) is 0 Å². The fourth-order valence-corrected chi connectivity index (χ4v) is 3.37. The summed E-state index contributed by atoms with van der Waals surface area (Å²) in [5.41, 5.74) is 1.15. The lowest BCUT2D eigenvalue weighted by atomic mass is 10.0. The lowest BCUT2D eigenvalue weighted by Gasteiger charge is -2.26. The van der Waals surface area contributed by atoms with Gasteiger partial charge < -0.3 is 15.0 Å². The fraction of sp³-hybridized carbons (Fsp3) is 0.467. The first-order valence-electron chi connectivity index (χ1n) is 7.00. The summed E-state index contributed by atoms with van der Waals surface area (Å²) in [6, 6.07) is 8.12. The van der Waals surface area contributed by atoms with Crippen LogP contribution in [0.25, 0.3) is 0 Å². The topological polar surface area (TPSA) is 58.6 Å². The molecule has 0 radical (unpaired) electrons. The molecule has 1 aromatic rings. The number of nitrogens with one attached hydrogen (secondary N) is 1. The van der Waals surface area contributed by atoms with Crippen molar-refractivity contribution < 1.29 is 14.3 Å². The van der Waals surface area contributed by atoms with Crippen LogP contribution >= 0.6 is 11.8 Å². The van der Waals surface area contributed by atoms with Crippen LogP contribution in [0.4, 0.5) is 4.79 Å². The molecule has 0 bridgehead atoms. The number of carbonyl (C=O) groups excluding carboxylic acids is 2. The predicted octanol–water partition coefficient (Wildman–Crippen LogP) is 2.43. The Hall–Kier alpha value is -1.69. The first kappa shape index (κ1) is 15.7. The van der Waals surface area contributed by atoms with Crippen molar-refractivity contribution in [3.8, 4) is 0 Å². The van der Waals surface area contributed by atoms with E-state index in [-0.39, 0.29) is 18.5 Å². The van der Waals surface area contributed by atoms with Crippen LogP contribution in [0.5, 0.6) is 0 Å². The number of amides is 2. The van der Waals surface area contributed by atoms with Gasteiger partial charge in [0, 0.05) is 17.7 Å². The number of carbonyl (C=O) groups is 2. The molecule has 0 unspecified atom stereocenters. The van der Waals surface area contributed by atoms with E-state index in [9.17, 15) is 9.59 Å². The zero-order chi connectivity index (χ0) is 15.2. The molecule has 0 saturated heterocycles. The second-order valence-corrected chi connectivity index (χ2v) is 5.99. The number of fused-ring (bicyclic) bond motifs is 1. The van der Waals surface area contributed by atoms with Crippen molar-refractivity contribution in [3.05, 3.63) is 29.8 Å². The molecule has 0 aromatic heterocycles. The molecule has 0 fully saturated rings. The normalized spacial score (nSPS) is 16.8. The highest BCUT2D eigenvalue weighted by Crippen LogP contribution is 2.35. The van der Waals surface area contributed by atoms with Crippen LogP contribution in [-0.2, 0) is 9.53 Å². The van der Waals surface area contributed by atoms with Gasteiger partial charge in [-0.2, -0.15) is 0 Å². The van der Waals surface area contributed by atoms with E-state index in [0.717, 1.165) is 17.7 Å². The Bertz CT molecular complexity index is 521. The number of ether oxygens (including phenoxy) is 1. The van der Waals surface area contributed by atoms with Crippen molar-refractivity contribution in [1.82, 2.24) is 10.2 Å². The lowest BCUT2D eigenvalue weighted by molar-refractivity contribution is -0.122. The minimum atomic E-state index is -0.479. The van der Waals surface area contributed by atoms with Gasteiger partial charge in [-0.1, -0.05) is 18.2 Å². The number of rotatable bonds is 4. The van der Waals surface area contributed by atoms with Gasteiger partial charge in [0.25, 0.3) is 0 Å². The standard InChI is InChI=1S/C15H20N2O3S/c1-3-20-15(19)17(2)10-14(18)16-12-8-9-21-13-7-5-4-6-11(12)13/h4-7,12H,3,8-10H2,1-2H3,(H,16,18)/t12-/m0/s1. The van der Waals surface area contributed by atoms with Gasteiger partial charge in [-0.15, -0.1) is 11.8 Å². The van der Waals surface area contributed by atoms with E-state index in [1.54, 1.807) is 14.0 Å². The van der Waals surface area contributed by atoms with E-state index < -0.39 is 6.09 Å². The number of nitrogens with zero attached hydrogens (tertiary/aromatic N) is 1. The molecule has 1 N–H and O–H groups in total. The summed E-state index contributed by atoms with van der Waals surface area (Å²) in [4.78, 5) is 26.1. The smallest absolute Gasteiger partial charge is 0.409 e. The molecule has 0 spiro atoms. The van der Waals surface area contributed by atoms with Crippen LogP contribution in [-0.4, -0.2) is 42.9 Å². The van der Waals surface area contributed by atoms with E-state index in [1.807, 2.05) is 30.0 Å². The average Bonchev–Trinajstić information content (AvgIpc) is 2.47. The van der Waals surface area contributed by atoms with Crippen LogP contribution < -0.4 is 5.32 Å². The summed E-state index contributed by atoms with van der Waals surface area (Å²) >= 11 is 1.81. The molecular weight excluding hydrogens is 288 g/mol. The molecule has 114 valence electrons. The van der Waals surface area contributed by atoms with Crippen molar-refractivity contribution in [1.29, 1.82) is 0 Å². The molecule has 1 heterocycles. The van der Waals surface area contributed by atoms with Crippen LogP contribution in [0.15, 0.2) is 29.2 Å². The summed E-state index contributed by atoms with van der Waals surface area (Å²) in [6.45, 7) is 2.05. The van der Waals surface area contributed by atoms with Gasteiger partial charge in [-0.3, -0.25) is 4.79 Å². The SMILES string of the molecule is CCOC(=O)N(C)CC(=O)N[C@H]1CCSc2ccccc21. The Morgan fingerprint density at radius 1 is 1.43 bits per heavy atom. The van der Waals surface area contributed by atoms with E-state index in [1.165, 1.54) is 9.80 Å². The Morgan fingerprint density at radius 2 is 2.19 bits per heavy atom. The van der Waals surface area contributed by atoms with Crippen LogP contribution in [0.1, 0.15) is 24.9 Å². The van der Waals surface area contributed by atoms with Crippen molar-refractivity contribution >= 4 is 23.8 Å². The second kappa shape index (κ2) is 7.36. The monoisotopic (exact) mass is 308 g/mol. The summed E-state index contributed by atoms with van der Waals surface area (Å²) < 4.78 is 4.85. The fourth-order valence-electron chi connectivity index (χ4n) is 2.25. The molecule has 1 aromatic carbocycles. The van der Waals surface area contributed by atoms with E-state index in [4.69, 9.17) is 4.74 Å². The summed E-state index contributed by atoms with van der Waals surface area (Å²) in [5, 5.41) is 3.00. The third-order valence-corrected chi connectivity index (χ3v) is 4.38. The molecule has 2 amide bonds. The zero-order valence-corrected chi connectivity index (χ0v) is 13.1. The highest BCUT2D eigenvalue weighted by atomic mass is 32.2. The number of hydrogen-bond donors (Lipinski definition) is 1. The summed E-state index contributed by atoms with van der Waals surface area (Å²) in [5.74, 6) is 0.813. The first-order valence-corrected chi connectivity index (χ1v) is 7.99. The number of hydrogen-bond acceptors (Lipinski definition) is 4. The third kappa shape index (κ3) is 4.14. The molecule has 2 rings (SSSR count). The number of thioether (sulfide) groups is 1. The highest BCUT2D eigenvalue weighted by molar-refractivity contribution is 7.99. The first-order chi connectivity index (χ1) is 10.1. The Morgan fingerprint density at radius 3 is 2.95 bits per heavy atom. The quantitative estimate of drug-likeness (QED) is 0.928. The maximum Gasteiger partial charge on any atom is 0.409 e. The van der Waals surface area contributed by atoms with Crippen LogP contribution in [0.3, 0.4) is 0 Å². The van der Waals surface area contributed by atoms with Gasteiger partial charge in [0.2, 0.25) is 5.91 Å². The van der Waals surface area contributed by atoms with E-state index in [0.29, 0.717) is 6.61 Å². The van der Waals surface area contributed by atoms with E-state index in [2.05, 4.69) is 11.4 Å². The van der Waals surface area contributed by atoms with E-state index >= 15 is 0 Å². The molecule has 1 atom stereocenters. The molecule has 21 heavy (non-hydrogen) atoms. The van der Waals surface area contributed by atoms with Crippen molar-refractivity contribution in [2.75, 3.05) is 26.0 Å². The van der Waals surface area contributed by atoms with Gasteiger partial charge in [-0.25, -0.2) is 4.79 Å². The largest absolute Gasteiger partial charge is 0.450 e. The lowest BCUT2D eigenvalue weighted by Crippen LogP contribution is -2.40. The second-order valence-electron chi connectivity index (χ2n) is 4.85. The van der Waals surface area contributed by atoms with Gasteiger partial charge in [0.1, 0.15) is 6.54 Å². The van der Waals surface area contributed by atoms with Gasteiger partial charge in [0.15, 0.2) is 0 Å². The maximum atomic E-state index is 12.1. The zero-order valence-electron chi connectivity index (χ0n) is 12.3. The van der Waals surface area contributed by atoms with Gasteiger partial charge in [-0.05, 0) is 25.0 Å². The number of likely N-dealkylation sites (N-methyl/N-ethyl adjacent to an activating group) is 1. The highest BCUT2D eigenvalue weighted by Gasteiger charge is 2.23. The minimum Gasteiger partial charge on any atom is -0.450 e. The predicted molar refractivity (Wildman–Crippen MR) is 82.3 cm³/mol.